The molecule has 2 heterocycles. The molecule has 1 aliphatic rings. The number of hydrogen-bond acceptors (Lipinski definition) is 3. The van der Waals surface area contributed by atoms with Crippen molar-refractivity contribution in [1.82, 2.24) is 20.0 Å². The Morgan fingerprint density at radius 2 is 2.16 bits per heavy atom. The van der Waals surface area contributed by atoms with E-state index < -0.39 is 0 Å². The summed E-state index contributed by atoms with van der Waals surface area (Å²) in [6, 6.07) is 10.6. The van der Waals surface area contributed by atoms with Gasteiger partial charge in [-0.1, -0.05) is 30.7 Å². The lowest BCUT2D eigenvalue weighted by molar-refractivity contribution is 0.0685. The number of aryl methyl sites for hydroxylation is 1. The van der Waals surface area contributed by atoms with Crippen LogP contribution in [0, 0.1) is 6.92 Å². The van der Waals surface area contributed by atoms with E-state index >= 15 is 0 Å². The first-order valence-electron chi connectivity index (χ1n) is 9.22. The minimum Gasteiger partial charge on any atom is -0.332 e. The van der Waals surface area contributed by atoms with Gasteiger partial charge in [0.1, 0.15) is 5.69 Å². The maximum atomic E-state index is 12.9. The second kappa shape index (κ2) is 8.30. The van der Waals surface area contributed by atoms with Gasteiger partial charge in [-0.05, 0) is 50.4 Å². The highest BCUT2D eigenvalue weighted by Crippen LogP contribution is 2.17. The van der Waals surface area contributed by atoms with Crippen LogP contribution in [0.3, 0.4) is 0 Å². The van der Waals surface area contributed by atoms with Gasteiger partial charge in [0.2, 0.25) is 0 Å². The smallest absolute Gasteiger partial charge is 0.272 e. The van der Waals surface area contributed by atoms with Crippen LogP contribution in [0.25, 0.3) is 0 Å². The molecule has 1 unspecified atom stereocenters. The molecule has 2 aromatic rings. The summed E-state index contributed by atoms with van der Waals surface area (Å²) < 4.78 is 0. The Labute approximate surface area is 150 Å². The van der Waals surface area contributed by atoms with E-state index in [0.29, 0.717) is 18.3 Å². The van der Waals surface area contributed by atoms with Crippen LogP contribution in [-0.2, 0) is 6.54 Å². The maximum absolute atomic E-state index is 12.9. The summed E-state index contributed by atoms with van der Waals surface area (Å²) in [5, 5.41) is 6.74. The lowest BCUT2D eigenvalue weighted by Crippen LogP contribution is -2.44. The zero-order chi connectivity index (χ0) is 17.6. The summed E-state index contributed by atoms with van der Waals surface area (Å²) in [6.07, 6.45) is 5.46. The maximum Gasteiger partial charge on any atom is 0.272 e. The van der Waals surface area contributed by atoms with Gasteiger partial charge in [-0.25, -0.2) is 0 Å². The minimum absolute atomic E-state index is 0.0189. The van der Waals surface area contributed by atoms with Crippen LogP contribution in [0.2, 0.25) is 0 Å². The third-order valence-corrected chi connectivity index (χ3v) is 5.24. The van der Waals surface area contributed by atoms with Crippen LogP contribution < -0.4 is 0 Å². The van der Waals surface area contributed by atoms with Gasteiger partial charge in [-0.2, -0.15) is 5.10 Å². The molecule has 0 aliphatic carbocycles. The highest BCUT2D eigenvalue weighted by atomic mass is 16.2. The number of carbonyl (C=O) groups is 1. The average molecular weight is 340 g/mol. The number of aromatic nitrogens is 2. The molecule has 1 amide bonds. The first-order chi connectivity index (χ1) is 12.1. The van der Waals surface area contributed by atoms with Crippen LogP contribution in [0.5, 0.6) is 0 Å². The fraction of sp³-hybridized carbons (Fsp3) is 0.500. The predicted octanol–water partition coefficient (Wildman–Crippen LogP) is 3.23. The fourth-order valence-corrected chi connectivity index (χ4v) is 3.53. The number of likely N-dealkylation sites (tertiary alicyclic amines) is 1. The predicted molar refractivity (Wildman–Crippen MR) is 99.4 cm³/mol. The van der Waals surface area contributed by atoms with Gasteiger partial charge in [0.15, 0.2) is 0 Å². The largest absolute Gasteiger partial charge is 0.332 e. The SMILES string of the molecule is Cc1ccccc1CN(CCN1CCCCC1C)C(=O)c1ccn[nH]1. The minimum atomic E-state index is 0.0189. The number of aromatic amines is 1. The van der Waals surface area contributed by atoms with Gasteiger partial charge in [0, 0.05) is 31.9 Å². The van der Waals surface area contributed by atoms with Gasteiger partial charge in [0.05, 0.1) is 0 Å². The summed E-state index contributed by atoms with van der Waals surface area (Å²) in [5.74, 6) is 0.0189. The molecule has 0 radical (unpaired) electrons. The van der Waals surface area contributed by atoms with Crippen LogP contribution in [0.4, 0.5) is 0 Å². The summed E-state index contributed by atoms with van der Waals surface area (Å²) in [4.78, 5) is 17.4. The first kappa shape index (κ1) is 17.7. The third kappa shape index (κ3) is 4.48. The molecule has 1 aromatic carbocycles. The van der Waals surface area contributed by atoms with E-state index in [1.165, 1.54) is 30.4 Å². The molecule has 1 aromatic heterocycles. The summed E-state index contributed by atoms with van der Waals surface area (Å²) >= 11 is 0. The number of nitrogens with zero attached hydrogens (tertiary/aromatic N) is 3. The normalized spacial score (nSPS) is 18.2. The van der Waals surface area contributed by atoms with E-state index in [1.54, 1.807) is 12.3 Å². The summed E-state index contributed by atoms with van der Waals surface area (Å²) in [5.41, 5.74) is 2.97. The van der Waals surface area contributed by atoms with E-state index in [9.17, 15) is 4.79 Å². The molecule has 0 bridgehead atoms. The molecule has 3 rings (SSSR count). The Kier molecular flexibility index (Phi) is 5.87. The molecule has 0 spiro atoms. The lowest BCUT2D eigenvalue weighted by Gasteiger charge is -2.35. The Bertz CT molecular complexity index is 683. The second-order valence-electron chi connectivity index (χ2n) is 7.00. The highest BCUT2D eigenvalue weighted by molar-refractivity contribution is 5.92. The molecule has 5 nitrogen and oxygen atoms in total. The van der Waals surface area contributed by atoms with Gasteiger partial charge in [-0.15, -0.1) is 0 Å². The zero-order valence-electron chi connectivity index (χ0n) is 15.2. The summed E-state index contributed by atoms with van der Waals surface area (Å²) in [7, 11) is 0. The van der Waals surface area contributed by atoms with Crippen LogP contribution in [0.15, 0.2) is 36.5 Å². The van der Waals surface area contributed by atoms with Crippen LogP contribution >= 0.6 is 0 Å². The van der Waals surface area contributed by atoms with E-state index in [1.807, 2.05) is 17.0 Å². The molecule has 1 saturated heterocycles. The van der Waals surface area contributed by atoms with E-state index in [2.05, 4.69) is 41.1 Å². The fourth-order valence-electron chi connectivity index (χ4n) is 3.53. The second-order valence-corrected chi connectivity index (χ2v) is 7.00. The number of hydrogen-bond donors (Lipinski definition) is 1. The van der Waals surface area contributed by atoms with Gasteiger partial charge < -0.3 is 4.90 Å². The average Bonchev–Trinajstić information content (AvgIpc) is 3.15. The van der Waals surface area contributed by atoms with Crippen molar-refractivity contribution in [2.75, 3.05) is 19.6 Å². The van der Waals surface area contributed by atoms with Crippen molar-refractivity contribution in [2.24, 2.45) is 0 Å². The van der Waals surface area contributed by atoms with E-state index in [0.717, 1.165) is 19.6 Å². The Hall–Kier alpha value is -2.14. The van der Waals surface area contributed by atoms with Gasteiger partial charge in [0.25, 0.3) is 5.91 Å². The quantitative estimate of drug-likeness (QED) is 0.878. The number of nitrogens with one attached hydrogen (secondary N) is 1. The molecule has 5 heteroatoms. The molecule has 1 N–H and O–H groups in total. The standard InChI is InChI=1S/C20H28N4O/c1-16-7-3-4-9-18(16)15-24(20(25)19-10-11-21-22-19)14-13-23-12-6-5-8-17(23)2/h3-4,7,9-11,17H,5-6,8,12-15H2,1-2H3,(H,21,22). The third-order valence-electron chi connectivity index (χ3n) is 5.24. The number of benzene rings is 1. The van der Waals surface area contributed by atoms with Crippen molar-refractivity contribution >= 4 is 5.91 Å². The van der Waals surface area contributed by atoms with Crippen molar-refractivity contribution in [1.29, 1.82) is 0 Å². The van der Waals surface area contributed by atoms with Crippen molar-refractivity contribution < 1.29 is 4.79 Å². The highest BCUT2D eigenvalue weighted by Gasteiger charge is 2.22. The summed E-state index contributed by atoms with van der Waals surface area (Å²) in [6.45, 7) is 7.82. The Balaban J connectivity index is 1.72. The molecule has 134 valence electrons. The topological polar surface area (TPSA) is 52.2 Å². The molecular formula is C20H28N4O. The van der Waals surface area contributed by atoms with E-state index in [-0.39, 0.29) is 5.91 Å². The number of carbonyl (C=O) groups excluding carboxylic acids is 1. The monoisotopic (exact) mass is 340 g/mol. The molecule has 0 saturated carbocycles. The number of rotatable bonds is 6. The number of amides is 1. The lowest BCUT2D eigenvalue weighted by atomic mass is 10.0. The van der Waals surface area contributed by atoms with Crippen LogP contribution in [0.1, 0.15) is 47.8 Å². The van der Waals surface area contributed by atoms with Crippen LogP contribution in [-0.4, -0.2) is 51.6 Å². The molecule has 25 heavy (non-hydrogen) atoms. The molecular weight excluding hydrogens is 312 g/mol. The number of piperidine rings is 1. The molecule has 1 atom stereocenters. The number of H-pyrrole nitrogens is 1. The molecule has 1 aliphatic heterocycles. The van der Waals surface area contributed by atoms with Gasteiger partial charge in [-0.3, -0.25) is 14.8 Å². The van der Waals surface area contributed by atoms with Crippen molar-refractivity contribution in [3.8, 4) is 0 Å². The van der Waals surface area contributed by atoms with Gasteiger partial charge >= 0.3 is 0 Å². The zero-order valence-corrected chi connectivity index (χ0v) is 15.2. The Morgan fingerprint density at radius 1 is 1.32 bits per heavy atom. The van der Waals surface area contributed by atoms with Crippen molar-refractivity contribution in [3.05, 3.63) is 53.3 Å². The Morgan fingerprint density at radius 3 is 2.88 bits per heavy atom. The van der Waals surface area contributed by atoms with E-state index in [4.69, 9.17) is 0 Å². The van der Waals surface area contributed by atoms with Crippen molar-refractivity contribution in [2.45, 2.75) is 45.7 Å². The van der Waals surface area contributed by atoms with Crippen molar-refractivity contribution in [3.63, 3.8) is 0 Å². The first-order valence-corrected chi connectivity index (χ1v) is 9.22. The molecule has 1 fully saturated rings.